The molecule has 0 bridgehead atoms. The molecule has 0 heterocycles. The number of carbonyl (C=O) groups excluding carboxylic acids is 1. The average Bonchev–Trinajstić information content (AvgIpc) is 3.19. The number of phenolic OH excluding ortho intramolecular Hbond substituents is 1. The molecule has 1 fully saturated rings. The van der Waals surface area contributed by atoms with E-state index in [1.54, 1.807) is 13.0 Å². The van der Waals surface area contributed by atoms with Crippen LogP contribution < -0.4 is 11.1 Å². The van der Waals surface area contributed by atoms with Crippen LogP contribution in [0.4, 0.5) is 0 Å². The zero-order chi connectivity index (χ0) is 14.0. The van der Waals surface area contributed by atoms with Crippen molar-refractivity contribution in [3.63, 3.8) is 0 Å². The Morgan fingerprint density at radius 3 is 2.74 bits per heavy atom. The summed E-state index contributed by atoms with van der Waals surface area (Å²) in [5, 5.41) is 23.8. The van der Waals surface area contributed by atoms with Crippen LogP contribution in [0.25, 0.3) is 0 Å². The van der Waals surface area contributed by atoms with Crippen molar-refractivity contribution in [3.8, 4) is 5.75 Å². The normalized spacial score (nSPS) is 17.0. The standard InChI is InChI=1S/C13H17N3O3/c1-7-6-9(17)4-5-10(7)13(18)15-11(8-2-3-8)12(14)16-19/h4-6,8,11,17,19H,2-3H2,1H3,(H2,14,16)(H,15,18). The van der Waals surface area contributed by atoms with Crippen molar-refractivity contribution in [2.45, 2.75) is 25.8 Å². The Bertz CT molecular complexity index is 524. The van der Waals surface area contributed by atoms with Gasteiger partial charge in [0.25, 0.3) is 5.91 Å². The number of amides is 1. The van der Waals surface area contributed by atoms with Crippen LogP contribution in [0.15, 0.2) is 23.4 Å². The van der Waals surface area contributed by atoms with E-state index in [1.165, 1.54) is 12.1 Å². The molecule has 19 heavy (non-hydrogen) atoms. The van der Waals surface area contributed by atoms with Gasteiger partial charge in [-0.1, -0.05) is 5.16 Å². The molecule has 5 N–H and O–H groups in total. The molecule has 1 aliphatic carbocycles. The maximum Gasteiger partial charge on any atom is 0.252 e. The maximum absolute atomic E-state index is 12.2. The van der Waals surface area contributed by atoms with Crippen molar-refractivity contribution in [2.24, 2.45) is 16.8 Å². The van der Waals surface area contributed by atoms with Gasteiger partial charge in [-0.05, 0) is 49.4 Å². The number of nitrogens with two attached hydrogens (primary N) is 1. The molecule has 0 radical (unpaired) electrons. The van der Waals surface area contributed by atoms with Gasteiger partial charge in [0.1, 0.15) is 5.75 Å². The van der Waals surface area contributed by atoms with Crippen molar-refractivity contribution < 1.29 is 15.1 Å². The number of nitrogens with one attached hydrogen (secondary N) is 1. The Hall–Kier alpha value is -2.24. The fraction of sp³-hybridized carbons (Fsp3) is 0.385. The van der Waals surface area contributed by atoms with Gasteiger partial charge in [0.2, 0.25) is 0 Å². The lowest BCUT2D eigenvalue weighted by Gasteiger charge is -2.17. The van der Waals surface area contributed by atoms with Gasteiger partial charge in [-0.15, -0.1) is 0 Å². The summed E-state index contributed by atoms with van der Waals surface area (Å²) in [4.78, 5) is 12.2. The molecule has 1 aromatic carbocycles. The summed E-state index contributed by atoms with van der Waals surface area (Å²) in [6.45, 7) is 1.74. The highest BCUT2D eigenvalue weighted by atomic mass is 16.4. The first kappa shape index (κ1) is 13.2. The summed E-state index contributed by atoms with van der Waals surface area (Å²) in [6.07, 6.45) is 1.91. The van der Waals surface area contributed by atoms with Crippen molar-refractivity contribution in [2.75, 3.05) is 0 Å². The van der Waals surface area contributed by atoms with Crippen LogP contribution in [0.5, 0.6) is 5.75 Å². The SMILES string of the molecule is Cc1cc(O)ccc1C(=O)NC(/C(N)=N/O)C1CC1. The third kappa shape index (κ3) is 2.96. The largest absolute Gasteiger partial charge is 0.508 e. The Morgan fingerprint density at radius 1 is 1.53 bits per heavy atom. The van der Waals surface area contributed by atoms with Crippen molar-refractivity contribution in [1.82, 2.24) is 5.32 Å². The Kier molecular flexibility index (Phi) is 3.59. The molecule has 0 saturated heterocycles. The fourth-order valence-electron chi connectivity index (χ4n) is 2.05. The van der Waals surface area contributed by atoms with Gasteiger partial charge in [0.05, 0.1) is 6.04 Å². The number of phenols is 1. The molecule has 0 spiro atoms. The van der Waals surface area contributed by atoms with Crippen LogP contribution in [0, 0.1) is 12.8 Å². The van der Waals surface area contributed by atoms with Gasteiger partial charge >= 0.3 is 0 Å². The number of nitrogens with zero attached hydrogens (tertiary/aromatic N) is 1. The smallest absolute Gasteiger partial charge is 0.252 e. The molecule has 6 heteroatoms. The molecule has 0 aromatic heterocycles. The van der Waals surface area contributed by atoms with E-state index in [9.17, 15) is 9.90 Å². The molecule has 1 atom stereocenters. The van der Waals surface area contributed by atoms with E-state index in [4.69, 9.17) is 10.9 Å². The second-order valence-electron chi connectivity index (χ2n) is 4.81. The van der Waals surface area contributed by atoms with Crippen LogP contribution in [0.2, 0.25) is 0 Å². The Labute approximate surface area is 110 Å². The third-order valence-corrected chi connectivity index (χ3v) is 3.27. The summed E-state index contributed by atoms with van der Waals surface area (Å²) < 4.78 is 0. The molecule has 2 rings (SSSR count). The maximum atomic E-state index is 12.2. The third-order valence-electron chi connectivity index (χ3n) is 3.27. The highest BCUT2D eigenvalue weighted by molar-refractivity contribution is 5.99. The van der Waals surface area contributed by atoms with E-state index < -0.39 is 6.04 Å². The van der Waals surface area contributed by atoms with Crippen LogP contribution in [0.1, 0.15) is 28.8 Å². The minimum atomic E-state index is -0.439. The zero-order valence-corrected chi connectivity index (χ0v) is 10.6. The van der Waals surface area contributed by atoms with E-state index in [2.05, 4.69) is 10.5 Å². The van der Waals surface area contributed by atoms with E-state index in [-0.39, 0.29) is 23.4 Å². The number of hydrogen-bond acceptors (Lipinski definition) is 4. The second kappa shape index (κ2) is 5.17. The molecule has 1 aromatic rings. The lowest BCUT2D eigenvalue weighted by molar-refractivity contribution is 0.0942. The molecule has 1 aliphatic rings. The lowest BCUT2D eigenvalue weighted by Crippen LogP contribution is -2.46. The fourth-order valence-corrected chi connectivity index (χ4v) is 2.05. The Balaban J connectivity index is 2.15. The van der Waals surface area contributed by atoms with Gasteiger partial charge in [0.15, 0.2) is 5.84 Å². The number of hydrogen-bond donors (Lipinski definition) is 4. The number of benzene rings is 1. The van der Waals surface area contributed by atoms with Gasteiger partial charge in [-0.3, -0.25) is 4.79 Å². The van der Waals surface area contributed by atoms with Crippen molar-refractivity contribution in [3.05, 3.63) is 29.3 Å². The number of carbonyl (C=O) groups is 1. The molecule has 0 aliphatic heterocycles. The molecular weight excluding hydrogens is 246 g/mol. The van der Waals surface area contributed by atoms with E-state index in [1.807, 2.05) is 0 Å². The van der Waals surface area contributed by atoms with Crippen LogP contribution >= 0.6 is 0 Å². The first-order chi connectivity index (χ1) is 9.02. The number of aromatic hydroxyl groups is 1. The first-order valence-electron chi connectivity index (χ1n) is 6.11. The molecule has 1 unspecified atom stereocenters. The molecular formula is C13H17N3O3. The molecule has 102 valence electrons. The zero-order valence-electron chi connectivity index (χ0n) is 10.6. The lowest BCUT2D eigenvalue weighted by atomic mass is 10.1. The summed E-state index contributed by atoms with van der Waals surface area (Å²) in [7, 11) is 0. The van der Waals surface area contributed by atoms with Crippen molar-refractivity contribution >= 4 is 11.7 Å². The van der Waals surface area contributed by atoms with Gasteiger partial charge in [-0.25, -0.2) is 0 Å². The monoisotopic (exact) mass is 263 g/mol. The van der Waals surface area contributed by atoms with Crippen LogP contribution in [-0.4, -0.2) is 28.1 Å². The summed E-state index contributed by atoms with van der Waals surface area (Å²) in [6, 6.07) is 4.09. The Morgan fingerprint density at radius 2 is 2.21 bits per heavy atom. The number of amidine groups is 1. The number of oxime groups is 1. The summed E-state index contributed by atoms with van der Waals surface area (Å²) >= 11 is 0. The predicted molar refractivity (Wildman–Crippen MR) is 70.2 cm³/mol. The van der Waals surface area contributed by atoms with Crippen LogP contribution in [0.3, 0.4) is 0 Å². The van der Waals surface area contributed by atoms with E-state index >= 15 is 0 Å². The number of rotatable bonds is 4. The minimum Gasteiger partial charge on any atom is -0.508 e. The highest BCUT2D eigenvalue weighted by Gasteiger charge is 2.35. The number of aryl methyl sites for hydroxylation is 1. The van der Waals surface area contributed by atoms with Gasteiger partial charge < -0.3 is 21.4 Å². The highest BCUT2D eigenvalue weighted by Crippen LogP contribution is 2.33. The molecule has 1 amide bonds. The molecule has 6 nitrogen and oxygen atoms in total. The van der Waals surface area contributed by atoms with E-state index in [0.717, 1.165) is 12.8 Å². The molecule has 1 saturated carbocycles. The topological polar surface area (TPSA) is 108 Å². The average molecular weight is 263 g/mol. The predicted octanol–water partition coefficient (Wildman–Crippen LogP) is 0.955. The van der Waals surface area contributed by atoms with E-state index in [0.29, 0.717) is 11.1 Å². The minimum absolute atomic E-state index is 0.0206. The van der Waals surface area contributed by atoms with Crippen molar-refractivity contribution in [1.29, 1.82) is 0 Å². The summed E-state index contributed by atoms with van der Waals surface area (Å²) in [5.41, 5.74) is 6.73. The van der Waals surface area contributed by atoms with Gasteiger partial charge in [-0.2, -0.15) is 0 Å². The second-order valence-corrected chi connectivity index (χ2v) is 4.81. The van der Waals surface area contributed by atoms with Crippen LogP contribution in [-0.2, 0) is 0 Å². The first-order valence-corrected chi connectivity index (χ1v) is 6.11. The quantitative estimate of drug-likeness (QED) is 0.281. The van der Waals surface area contributed by atoms with Gasteiger partial charge in [0, 0.05) is 5.56 Å². The summed E-state index contributed by atoms with van der Waals surface area (Å²) in [5.74, 6) is 0.0785.